The number of benzene rings is 2. The summed E-state index contributed by atoms with van der Waals surface area (Å²) in [6, 6.07) is 15.2. The second-order valence-electron chi connectivity index (χ2n) is 7.66. The number of hydrogen-bond donors (Lipinski definition) is 1. The van der Waals surface area contributed by atoms with Crippen molar-refractivity contribution in [2.45, 2.75) is 32.3 Å². The van der Waals surface area contributed by atoms with Gasteiger partial charge in [0.2, 0.25) is 0 Å². The van der Waals surface area contributed by atoms with Crippen LogP contribution in [0, 0.1) is 13.8 Å². The van der Waals surface area contributed by atoms with Gasteiger partial charge in [0, 0.05) is 16.6 Å². The van der Waals surface area contributed by atoms with Crippen LogP contribution in [0.2, 0.25) is 0 Å². The monoisotopic (exact) mass is 467 g/mol. The van der Waals surface area contributed by atoms with E-state index in [9.17, 15) is 14.7 Å². The standard InChI is InChI=1S/C24H22BrNO4/c1-15-14-30-16(2)22(15)21(27)13-24(29)19-12-18(25)8-9-20(19)26(23(24)28)11-10-17-6-4-3-5-7-17/h3-9,12,14,29H,10-11,13H2,1-2H3/t24-/m0/s1. The average Bonchev–Trinajstić information content (AvgIpc) is 3.16. The highest BCUT2D eigenvalue weighted by atomic mass is 79.9. The third-order valence-electron chi connectivity index (χ3n) is 5.61. The molecule has 0 aliphatic carbocycles. The quantitative estimate of drug-likeness (QED) is 0.532. The van der Waals surface area contributed by atoms with E-state index >= 15 is 0 Å². The van der Waals surface area contributed by atoms with Crippen molar-refractivity contribution in [2.24, 2.45) is 0 Å². The number of nitrogens with zero attached hydrogens (tertiary/aromatic N) is 1. The number of anilines is 1. The molecule has 3 aromatic rings. The fourth-order valence-corrected chi connectivity index (χ4v) is 4.47. The SMILES string of the molecule is Cc1coc(C)c1C(=O)C[C@@]1(O)C(=O)N(CCc2ccccc2)c2ccc(Br)cc21. The van der Waals surface area contributed by atoms with E-state index in [1.807, 2.05) is 36.4 Å². The first-order chi connectivity index (χ1) is 14.3. The van der Waals surface area contributed by atoms with Crippen LogP contribution in [0.15, 0.2) is 63.7 Å². The number of fused-ring (bicyclic) bond motifs is 1. The van der Waals surface area contributed by atoms with Gasteiger partial charge in [-0.15, -0.1) is 0 Å². The minimum atomic E-state index is -1.91. The molecule has 2 heterocycles. The Bertz CT molecular complexity index is 1100. The van der Waals surface area contributed by atoms with E-state index in [1.54, 1.807) is 30.9 Å². The molecule has 0 saturated heterocycles. The summed E-state index contributed by atoms with van der Waals surface area (Å²) in [6.07, 6.45) is 1.82. The van der Waals surface area contributed by atoms with Crippen LogP contribution < -0.4 is 4.90 Å². The third kappa shape index (κ3) is 3.50. The predicted octanol–water partition coefficient (Wildman–Crippen LogP) is 4.71. The number of rotatable bonds is 6. The first-order valence-corrected chi connectivity index (χ1v) is 10.6. The van der Waals surface area contributed by atoms with Crippen LogP contribution in [0.25, 0.3) is 0 Å². The molecule has 0 bridgehead atoms. The van der Waals surface area contributed by atoms with Crippen LogP contribution in [0.4, 0.5) is 5.69 Å². The summed E-state index contributed by atoms with van der Waals surface area (Å²) < 4.78 is 6.07. The molecule has 30 heavy (non-hydrogen) atoms. The fourth-order valence-electron chi connectivity index (χ4n) is 4.11. The minimum absolute atomic E-state index is 0.314. The lowest BCUT2D eigenvalue weighted by molar-refractivity contribution is -0.135. The Kier molecular flexibility index (Phi) is 5.38. The van der Waals surface area contributed by atoms with E-state index in [4.69, 9.17) is 4.42 Å². The molecular weight excluding hydrogens is 446 g/mol. The van der Waals surface area contributed by atoms with Gasteiger partial charge in [-0.25, -0.2) is 0 Å². The molecule has 0 unspecified atom stereocenters. The van der Waals surface area contributed by atoms with Crippen molar-refractivity contribution < 1.29 is 19.1 Å². The molecule has 1 N–H and O–H groups in total. The number of Topliss-reactive ketones (excluding diaryl/α,β-unsaturated/α-hetero) is 1. The molecular formula is C24H22BrNO4. The van der Waals surface area contributed by atoms with Gasteiger partial charge in [0.1, 0.15) is 5.76 Å². The van der Waals surface area contributed by atoms with Crippen molar-refractivity contribution >= 4 is 33.3 Å². The Labute approximate surface area is 183 Å². The van der Waals surface area contributed by atoms with Crippen LogP contribution in [0.5, 0.6) is 0 Å². The van der Waals surface area contributed by atoms with E-state index in [0.29, 0.717) is 41.1 Å². The number of carbonyl (C=O) groups excluding carboxylic acids is 2. The Hall–Kier alpha value is -2.70. The zero-order valence-corrected chi connectivity index (χ0v) is 18.4. The van der Waals surface area contributed by atoms with E-state index in [-0.39, 0.29) is 12.2 Å². The Morgan fingerprint density at radius 3 is 2.57 bits per heavy atom. The van der Waals surface area contributed by atoms with Gasteiger partial charge in [-0.2, -0.15) is 0 Å². The molecule has 0 spiro atoms. The van der Waals surface area contributed by atoms with Gasteiger partial charge >= 0.3 is 0 Å². The molecule has 1 aromatic heterocycles. The van der Waals surface area contributed by atoms with Crippen LogP contribution >= 0.6 is 15.9 Å². The summed E-state index contributed by atoms with van der Waals surface area (Å²) in [6.45, 7) is 3.90. The van der Waals surface area contributed by atoms with E-state index in [2.05, 4.69) is 15.9 Å². The number of carbonyl (C=O) groups is 2. The van der Waals surface area contributed by atoms with E-state index in [1.165, 1.54) is 6.26 Å². The zero-order valence-electron chi connectivity index (χ0n) is 16.8. The second kappa shape index (κ2) is 7.85. The molecule has 1 atom stereocenters. The van der Waals surface area contributed by atoms with Gasteiger partial charge < -0.3 is 14.4 Å². The number of ketones is 1. The van der Waals surface area contributed by atoms with Crippen LogP contribution in [0.1, 0.15) is 39.2 Å². The molecule has 6 heteroatoms. The normalized spacial score (nSPS) is 18.0. The third-order valence-corrected chi connectivity index (χ3v) is 6.11. The summed E-state index contributed by atoms with van der Waals surface area (Å²) in [5.41, 5.74) is 1.39. The van der Waals surface area contributed by atoms with Crippen molar-refractivity contribution in [1.82, 2.24) is 0 Å². The highest BCUT2D eigenvalue weighted by Gasteiger charge is 2.51. The number of aryl methyl sites for hydroxylation is 2. The summed E-state index contributed by atoms with van der Waals surface area (Å²) in [5, 5.41) is 11.5. The molecule has 2 aromatic carbocycles. The molecule has 0 radical (unpaired) electrons. The molecule has 5 nitrogen and oxygen atoms in total. The summed E-state index contributed by atoms with van der Waals surface area (Å²) in [4.78, 5) is 28.0. The molecule has 0 saturated carbocycles. The molecule has 4 rings (SSSR count). The first kappa shape index (κ1) is 20.6. The molecule has 1 amide bonds. The van der Waals surface area contributed by atoms with E-state index in [0.717, 1.165) is 10.0 Å². The van der Waals surface area contributed by atoms with Gasteiger partial charge in [-0.1, -0.05) is 46.3 Å². The lowest BCUT2D eigenvalue weighted by Gasteiger charge is -2.23. The van der Waals surface area contributed by atoms with Gasteiger partial charge in [0.15, 0.2) is 11.4 Å². The number of amides is 1. The van der Waals surface area contributed by atoms with Crippen LogP contribution in [0.3, 0.4) is 0 Å². The van der Waals surface area contributed by atoms with Gasteiger partial charge in [0.25, 0.3) is 5.91 Å². The highest BCUT2D eigenvalue weighted by molar-refractivity contribution is 9.10. The topological polar surface area (TPSA) is 70.7 Å². The van der Waals surface area contributed by atoms with Crippen molar-refractivity contribution in [3.63, 3.8) is 0 Å². The minimum Gasteiger partial charge on any atom is -0.469 e. The molecule has 1 aliphatic heterocycles. The number of hydrogen-bond acceptors (Lipinski definition) is 4. The Balaban J connectivity index is 1.67. The van der Waals surface area contributed by atoms with E-state index < -0.39 is 11.5 Å². The van der Waals surface area contributed by atoms with Crippen molar-refractivity contribution in [3.8, 4) is 0 Å². The maximum absolute atomic E-state index is 13.4. The van der Waals surface area contributed by atoms with Gasteiger partial charge in [-0.05, 0) is 49.6 Å². The number of halogens is 1. The summed E-state index contributed by atoms with van der Waals surface area (Å²) in [7, 11) is 0. The van der Waals surface area contributed by atoms with Gasteiger partial charge in [-0.3, -0.25) is 9.59 Å². The first-order valence-electron chi connectivity index (χ1n) is 9.77. The number of furan rings is 1. The van der Waals surface area contributed by atoms with Crippen molar-refractivity contribution in [1.29, 1.82) is 0 Å². The molecule has 1 aliphatic rings. The number of aliphatic hydroxyl groups is 1. The van der Waals surface area contributed by atoms with Crippen LogP contribution in [-0.4, -0.2) is 23.3 Å². The largest absolute Gasteiger partial charge is 0.469 e. The predicted molar refractivity (Wildman–Crippen MR) is 118 cm³/mol. The van der Waals surface area contributed by atoms with Crippen molar-refractivity contribution in [2.75, 3.05) is 11.4 Å². The average molecular weight is 468 g/mol. The van der Waals surface area contributed by atoms with Crippen molar-refractivity contribution in [3.05, 3.63) is 87.3 Å². The fraction of sp³-hybridized carbons (Fsp3) is 0.250. The summed E-state index contributed by atoms with van der Waals surface area (Å²) in [5.74, 6) is -0.300. The lowest BCUT2D eigenvalue weighted by atomic mass is 9.87. The lowest BCUT2D eigenvalue weighted by Crippen LogP contribution is -2.42. The summed E-state index contributed by atoms with van der Waals surface area (Å²) >= 11 is 3.42. The van der Waals surface area contributed by atoms with Gasteiger partial charge in [0.05, 0.1) is 23.9 Å². The maximum Gasteiger partial charge on any atom is 0.264 e. The Morgan fingerprint density at radius 2 is 1.90 bits per heavy atom. The van der Waals surface area contributed by atoms with Crippen LogP contribution in [-0.2, 0) is 16.8 Å². The second-order valence-corrected chi connectivity index (χ2v) is 8.58. The molecule has 154 valence electrons. The molecule has 0 fully saturated rings. The smallest absolute Gasteiger partial charge is 0.264 e. The maximum atomic E-state index is 13.4. The zero-order chi connectivity index (χ0) is 21.5. The highest BCUT2D eigenvalue weighted by Crippen LogP contribution is 2.44. The Morgan fingerprint density at radius 1 is 1.17 bits per heavy atom.